The van der Waals surface area contributed by atoms with Gasteiger partial charge in [0.25, 0.3) is 5.91 Å². The second kappa shape index (κ2) is 7.40. The summed E-state index contributed by atoms with van der Waals surface area (Å²) in [5.41, 5.74) is 0.381. The molecule has 4 nitrogen and oxygen atoms in total. The number of amides is 1. The van der Waals surface area contributed by atoms with Gasteiger partial charge in [-0.1, -0.05) is 35.8 Å². The Kier molecular flexibility index (Phi) is 6.41. The van der Waals surface area contributed by atoms with Gasteiger partial charge in [-0.15, -0.1) is 0 Å². The van der Waals surface area contributed by atoms with Gasteiger partial charge in [0.2, 0.25) is 0 Å². The molecule has 6 heteroatoms. The standard InChI is InChI=1S/C15H22BrNO3S/c1-15(2,8-5-9-16)11-17-14(18)12-6-4-7-13(10-12)21(3,19)20/h4,6-7,10H,5,8-9,11H2,1-3H3,(H,17,18). The summed E-state index contributed by atoms with van der Waals surface area (Å²) in [5, 5.41) is 3.82. The monoisotopic (exact) mass is 375 g/mol. The first-order valence-corrected chi connectivity index (χ1v) is 9.81. The molecule has 0 radical (unpaired) electrons. The van der Waals surface area contributed by atoms with Crippen LogP contribution in [0.4, 0.5) is 0 Å². The minimum Gasteiger partial charge on any atom is -0.352 e. The Bertz CT molecular complexity index is 597. The molecule has 1 rings (SSSR count). The number of benzene rings is 1. The minimum atomic E-state index is -3.30. The summed E-state index contributed by atoms with van der Waals surface area (Å²) in [6.07, 6.45) is 3.18. The number of sulfone groups is 1. The molecule has 0 aliphatic rings. The van der Waals surface area contributed by atoms with Crippen LogP contribution in [0, 0.1) is 5.41 Å². The Balaban J connectivity index is 2.73. The fourth-order valence-corrected chi connectivity index (χ4v) is 2.87. The Labute approximate surface area is 135 Å². The third-order valence-corrected chi connectivity index (χ3v) is 4.91. The summed E-state index contributed by atoms with van der Waals surface area (Å²) in [6, 6.07) is 6.11. The number of hydrogen-bond acceptors (Lipinski definition) is 3. The predicted molar refractivity (Wildman–Crippen MR) is 88.7 cm³/mol. The van der Waals surface area contributed by atoms with Gasteiger partial charge in [0.1, 0.15) is 0 Å². The SMILES string of the molecule is CC(C)(CCCBr)CNC(=O)c1cccc(S(C)(=O)=O)c1. The zero-order chi connectivity index (χ0) is 16.1. The van der Waals surface area contributed by atoms with E-state index in [1.807, 2.05) is 0 Å². The number of hydrogen-bond donors (Lipinski definition) is 1. The maximum absolute atomic E-state index is 12.1. The van der Waals surface area contributed by atoms with E-state index < -0.39 is 9.84 Å². The van der Waals surface area contributed by atoms with Crippen LogP contribution < -0.4 is 5.32 Å². The highest BCUT2D eigenvalue weighted by Gasteiger charge is 2.19. The van der Waals surface area contributed by atoms with Crippen LogP contribution in [0.25, 0.3) is 0 Å². The van der Waals surface area contributed by atoms with Gasteiger partial charge in [-0.3, -0.25) is 4.79 Å². The Morgan fingerprint density at radius 3 is 2.57 bits per heavy atom. The van der Waals surface area contributed by atoms with E-state index in [1.54, 1.807) is 12.1 Å². The van der Waals surface area contributed by atoms with E-state index in [2.05, 4.69) is 35.1 Å². The Morgan fingerprint density at radius 2 is 2.00 bits per heavy atom. The fourth-order valence-electron chi connectivity index (χ4n) is 1.92. The zero-order valence-electron chi connectivity index (χ0n) is 12.6. The molecule has 0 heterocycles. The quantitative estimate of drug-likeness (QED) is 0.744. The number of alkyl halides is 1. The lowest BCUT2D eigenvalue weighted by molar-refractivity contribution is 0.0934. The highest BCUT2D eigenvalue weighted by atomic mass is 79.9. The van der Waals surface area contributed by atoms with Crippen molar-refractivity contribution in [3.8, 4) is 0 Å². The van der Waals surface area contributed by atoms with Gasteiger partial charge in [-0.2, -0.15) is 0 Å². The lowest BCUT2D eigenvalue weighted by Crippen LogP contribution is -2.34. The van der Waals surface area contributed by atoms with Crippen molar-refractivity contribution in [2.75, 3.05) is 18.1 Å². The van der Waals surface area contributed by atoms with E-state index in [4.69, 9.17) is 0 Å². The van der Waals surface area contributed by atoms with Crippen molar-refractivity contribution >= 4 is 31.7 Å². The molecular weight excluding hydrogens is 354 g/mol. The van der Waals surface area contributed by atoms with Crippen molar-refractivity contribution in [2.45, 2.75) is 31.6 Å². The van der Waals surface area contributed by atoms with Gasteiger partial charge < -0.3 is 5.32 Å². The minimum absolute atomic E-state index is 0.0118. The summed E-state index contributed by atoms with van der Waals surface area (Å²) in [5.74, 6) is -0.243. The fraction of sp³-hybridized carbons (Fsp3) is 0.533. The van der Waals surface area contributed by atoms with Crippen LogP contribution >= 0.6 is 15.9 Å². The van der Waals surface area contributed by atoms with Crippen molar-refractivity contribution in [2.24, 2.45) is 5.41 Å². The number of carbonyl (C=O) groups is 1. The van der Waals surface area contributed by atoms with Gasteiger partial charge in [-0.25, -0.2) is 8.42 Å². The summed E-state index contributed by atoms with van der Waals surface area (Å²) >= 11 is 3.40. The highest BCUT2D eigenvalue weighted by molar-refractivity contribution is 9.09. The molecule has 0 unspecified atom stereocenters. The topological polar surface area (TPSA) is 63.2 Å². The molecule has 1 amide bonds. The molecule has 0 saturated heterocycles. The van der Waals surface area contributed by atoms with E-state index in [-0.39, 0.29) is 16.2 Å². The van der Waals surface area contributed by atoms with Gasteiger partial charge >= 0.3 is 0 Å². The van der Waals surface area contributed by atoms with Crippen molar-refractivity contribution in [3.63, 3.8) is 0 Å². The largest absolute Gasteiger partial charge is 0.352 e. The number of halogens is 1. The normalized spacial score (nSPS) is 12.2. The van der Waals surface area contributed by atoms with Crippen LogP contribution in [0.3, 0.4) is 0 Å². The molecule has 1 aromatic carbocycles. The van der Waals surface area contributed by atoms with Gasteiger partial charge in [-0.05, 0) is 36.5 Å². The molecule has 118 valence electrons. The lowest BCUT2D eigenvalue weighted by Gasteiger charge is -2.24. The maximum atomic E-state index is 12.1. The third-order valence-electron chi connectivity index (χ3n) is 3.24. The van der Waals surface area contributed by atoms with Crippen LogP contribution in [0.5, 0.6) is 0 Å². The smallest absolute Gasteiger partial charge is 0.251 e. The molecular formula is C15H22BrNO3S. The third kappa shape index (κ3) is 6.18. The summed E-state index contributed by atoms with van der Waals surface area (Å²) in [7, 11) is -3.30. The van der Waals surface area contributed by atoms with Crippen molar-refractivity contribution in [3.05, 3.63) is 29.8 Å². The summed E-state index contributed by atoms with van der Waals surface area (Å²) in [6.45, 7) is 4.76. The molecule has 21 heavy (non-hydrogen) atoms. The number of rotatable bonds is 7. The number of nitrogens with one attached hydrogen (secondary N) is 1. The molecule has 0 bridgehead atoms. The van der Waals surface area contributed by atoms with Gasteiger partial charge in [0.05, 0.1) is 4.90 Å². The van der Waals surface area contributed by atoms with E-state index in [1.165, 1.54) is 12.1 Å². The molecule has 0 aromatic heterocycles. The summed E-state index contributed by atoms with van der Waals surface area (Å²) in [4.78, 5) is 12.3. The molecule has 0 fully saturated rings. The molecule has 1 aromatic rings. The molecule has 0 saturated carbocycles. The first-order chi connectivity index (χ1) is 9.65. The van der Waals surface area contributed by atoms with Crippen LogP contribution in [0.15, 0.2) is 29.2 Å². The van der Waals surface area contributed by atoms with E-state index in [0.717, 1.165) is 24.4 Å². The van der Waals surface area contributed by atoms with Gasteiger partial charge in [0, 0.05) is 23.7 Å². The zero-order valence-corrected chi connectivity index (χ0v) is 15.1. The Hall–Kier alpha value is -0.880. The maximum Gasteiger partial charge on any atom is 0.251 e. The van der Waals surface area contributed by atoms with Crippen molar-refractivity contribution in [1.29, 1.82) is 0 Å². The van der Waals surface area contributed by atoms with Crippen molar-refractivity contribution in [1.82, 2.24) is 5.32 Å². The average Bonchev–Trinajstić information content (AvgIpc) is 2.42. The average molecular weight is 376 g/mol. The lowest BCUT2D eigenvalue weighted by atomic mass is 9.88. The van der Waals surface area contributed by atoms with E-state index in [9.17, 15) is 13.2 Å². The van der Waals surface area contributed by atoms with Crippen LogP contribution in [-0.2, 0) is 9.84 Å². The molecule has 0 spiro atoms. The predicted octanol–water partition coefficient (Wildman–Crippen LogP) is 3.02. The molecule has 1 N–H and O–H groups in total. The molecule has 0 aliphatic carbocycles. The first-order valence-electron chi connectivity index (χ1n) is 6.80. The molecule has 0 aliphatic heterocycles. The van der Waals surface area contributed by atoms with Crippen LogP contribution in [0.1, 0.15) is 37.0 Å². The highest BCUT2D eigenvalue weighted by Crippen LogP contribution is 2.22. The Morgan fingerprint density at radius 1 is 1.33 bits per heavy atom. The second-order valence-corrected chi connectivity index (χ2v) is 8.75. The summed E-state index contributed by atoms with van der Waals surface area (Å²) < 4.78 is 23.0. The van der Waals surface area contributed by atoms with Crippen molar-refractivity contribution < 1.29 is 13.2 Å². The van der Waals surface area contributed by atoms with E-state index in [0.29, 0.717) is 12.1 Å². The number of carbonyl (C=O) groups excluding carboxylic acids is 1. The van der Waals surface area contributed by atoms with Crippen LogP contribution in [0.2, 0.25) is 0 Å². The van der Waals surface area contributed by atoms with Crippen LogP contribution in [-0.4, -0.2) is 32.5 Å². The second-order valence-electron chi connectivity index (χ2n) is 5.94. The first kappa shape index (κ1) is 18.2. The van der Waals surface area contributed by atoms with E-state index >= 15 is 0 Å². The molecule has 0 atom stereocenters. The van der Waals surface area contributed by atoms with Gasteiger partial charge in [0.15, 0.2) is 9.84 Å².